The zero-order chi connectivity index (χ0) is 16.7. The molecule has 0 saturated carbocycles. The van der Waals surface area contributed by atoms with Crippen LogP contribution in [-0.4, -0.2) is 44.1 Å². The van der Waals surface area contributed by atoms with Crippen molar-refractivity contribution in [1.82, 2.24) is 25.1 Å². The van der Waals surface area contributed by atoms with Crippen molar-refractivity contribution < 1.29 is 4.79 Å². The molecule has 7 heteroatoms. The van der Waals surface area contributed by atoms with E-state index in [9.17, 15) is 9.59 Å². The first-order valence-electron chi connectivity index (χ1n) is 8.25. The van der Waals surface area contributed by atoms with E-state index in [2.05, 4.69) is 15.2 Å². The summed E-state index contributed by atoms with van der Waals surface area (Å²) in [5, 5.41) is 6.20. The number of hydrogen-bond acceptors (Lipinski definition) is 5. The van der Waals surface area contributed by atoms with Crippen molar-refractivity contribution in [3.63, 3.8) is 0 Å². The van der Waals surface area contributed by atoms with Gasteiger partial charge in [0.25, 0.3) is 11.5 Å². The van der Waals surface area contributed by atoms with Crippen LogP contribution in [0.2, 0.25) is 0 Å². The van der Waals surface area contributed by atoms with E-state index in [1.807, 2.05) is 18.0 Å². The number of aromatic amines is 1. The van der Waals surface area contributed by atoms with Gasteiger partial charge in [0.05, 0.1) is 5.69 Å². The molecule has 2 aliphatic rings. The first kappa shape index (κ1) is 15.0. The van der Waals surface area contributed by atoms with Crippen LogP contribution < -0.4 is 5.56 Å². The lowest BCUT2D eigenvalue weighted by Gasteiger charge is -2.40. The van der Waals surface area contributed by atoms with Gasteiger partial charge >= 0.3 is 0 Å². The third-order valence-corrected chi connectivity index (χ3v) is 5.12. The first-order chi connectivity index (χ1) is 11.6. The molecule has 1 aliphatic carbocycles. The Balaban J connectivity index is 1.63. The molecule has 0 bridgehead atoms. The van der Waals surface area contributed by atoms with E-state index >= 15 is 0 Å². The van der Waals surface area contributed by atoms with E-state index in [1.54, 1.807) is 0 Å². The normalized spacial score (nSPS) is 22.6. The van der Waals surface area contributed by atoms with Crippen molar-refractivity contribution in [1.29, 1.82) is 0 Å². The van der Waals surface area contributed by atoms with Gasteiger partial charge in [0.1, 0.15) is 11.5 Å². The Morgan fingerprint density at radius 3 is 3.00 bits per heavy atom. The molecule has 1 spiro atoms. The van der Waals surface area contributed by atoms with Gasteiger partial charge in [-0.25, -0.2) is 15.1 Å². The molecule has 1 fully saturated rings. The molecule has 0 radical (unpaired) electrons. The summed E-state index contributed by atoms with van der Waals surface area (Å²) in [7, 11) is 0. The lowest BCUT2D eigenvalue weighted by molar-refractivity contribution is 0.0626. The van der Waals surface area contributed by atoms with Crippen molar-refractivity contribution in [3.05, 3.63) is 51.5 Å². The number of aromatic nitrogens is 4. The summed E-state index contributed by atoms with van der Waals surface area (Å²) in [5.41, 5.74) is 2.22. The Kier molecular flexibility index (Phi) is 3.44. The number of hydrogen-bond donors (Lipinski definition) is 1. The minimum absolute atomic E-state index is 0.0703. The van der Waals surface area contributed by atoms with E-state index in [-0.39, 0.29) is 22.6 Å². The summed E-state index contributed by atoms with van der Waals surface area (Å²) >= 11 is 0. The second kappa shape index (κ2) is 5.51. The summed E-state index contributed by atoms with van der Waals surface area (Å²) in [6.07, 6.45) is 5.88. The fourth-order valence-corrected chi connectivity index (χ4v) is 3.96. The zero-order valence-electron chi connectivity index (χ0n) is 13.6. The number of carbonyl (C=O) groups excluding carboxylic acids is 1. The van der Waals surface area contributed by atoms with Crippen molar-refractivity contribution in [2.24, 2.45) is 0 Å². The van der Waals surface area contributed by atoms with Gasteiger partial charge in [-0.15, -0.1) is 0 Å². The Hall–Kier alpha value is -2.57. The number of fused-ring (bicyclic) bond motifs is 2. The van der Waals surface area contributed by atoms with Crippen molar-refractivity contribution in [2.45, 2.75) is 38.0 Å². The second-order valence-corrected chi connectivity index (χ2v) is 6.71. The molecule has 1 N–H and O–H groups in total. The van der Waals surface area contributed by atoms with E-state index in [0.29, 0.717) is 13.1 Å². The maximum atomic E-state index is 12.7. The third-order valence-electron chi connectivity index (χ3n) is 5.12. The predicted octanol–water partition coefficient (Wildman–Crippen LogP) is 0.989. The lowest BCUT2D eigenvalue weighted by Crippen LogP contribution is -2.48. The number of likely N-dealkylation sites (tertiary alicyclic amines) is 1. The minimum atomic E-state index is -0.307. The lowest BCUT2D eigenvalue weighted by atomic mass is 9.77. The van der Waals surface area contributed by atoms with Gasteiger partial charge in [0.15, 0.2) is 0 Å². The van der Waals surface area contributed by atoms with Crippen LogP contribution >= 0.6 is 0 Å². The summed E-state index contributed by atoms with van der Waals surface area (Å²) in [6.45, 7) is 3.26. The van der Waals surface area contributed by atoms with Crippen LogP contribution in [0.1, 0.15) is 46.8 Å². The quantitative estimate of drug-likeness (QED) is 0.844. The summed E-state index contributed by atoms with van der Waals surface area (Å²) < 4.78 is 0. The van der Waals surface area contributed by atoms with E-state index in [1.165, 1.54) is 17.7 Å². The summed E-state index contributed by atoms with van der Waals surface area (Å²) in [6, 6.07) is 2.82. The Bertz CT molecular complexity index is 838. The molecule has 24 heavy (non-hydrogen) atoms. The highest BCUT2D eigenvalue weighted by Gasteiger charge is 2.44. The van der Waals surface area contributed by atoms with Gasteiger partial charge in [-0.2, -0.15) is 5.10 Å². The van der Waals surface area contributed by atoms with Gasteiger partial charge < -0.3 is 4.90 Å². The topological polar surface area (TPSA) is 91.8 Å². The number of aryl methyl sites for hydroxylation is 2. The number of carbonyl (C=O) groups is 1. The van der Waals surface area contributed by atoms with Gasteiger partial charge in [-0.1, -0.05) is 0 Å². The minimum Gasteiger partial charge on any atom is -0.336 e. The Morgan fingerprint density at radius 1 is 1.33 bits per heavy atom. The van der Waals surface area contributed by atoms with Crippen molar-refractivity contribution in [3.8, 4) is 0 Å². The molecule has 2 aromatic heterocycles. The number of nitrogens with one attached hydrogen (secondary N) is 1. The smallest absolute Gasteiger partial charge is 0.274 e. The zero-order valence-corrected chi connectivity index (χ0v) is 13.6. The molecule has 0 aromatic carbocycles. The molecular formula is C17H19N5O2. The van der Waals surface area contributed by atoms with E-state index in [4.69, 9.17) is 4.98 Å². The Labute approximate surface area is 139 Å². The van der Waals surface area contributed by atoms with Crippen LogP contribution in [0.4, 0.5) is 0 Å². The average molecular weight is 325 g/mol. The van der Waals surface area contributed by atoms with Crippen LogP contribution in [0.15, 0.2) is 23.1 Å². The molecular weight excluding hydrogens is 306 g/mol. The monoisotopic (exact) mass is 325 g/mol. The van der Waals surface area contributed by atoms with E-state index < -0.39 is 0 Å². The molecule has 1 saturated heterocycles. The predicted molar refractivity (Wildman–Crippen MR) is 86.8 cm³/mol. The second-order valence-electron chi connectivity index (χ2n) is 6.71. The molecule has 1 aliphatic heterocycles. The highest BCUT2D eigenvalue weighted by atomic mass is 16.2. The maximum Gasteiger partial charge on any atom is 0.274 e. The van der Waals surface area contributed by atoms with Crippen LogP contribution in [-0.2, 0) is 11.8 Å². The Morgan fingerprint density at radius 2 is 2.21 bits per heavy atom. The summed E-state index contributed by atoms with van der Waals surface area (Å²) in [4.78, 5) is 34.7. The number of H-pyrrole nitrogens is 1. The van der Waals surface area contributed by atoms with Crippen molar-refractivity contribution in [2.75, 3.05) is 13.1 Å². The molecule has 7 nitrogen and oxygen atoms in total. The standard InChI is InChI=1S/C17H19N5O2/c1-11-18-9-12-5-7-17(15(12)19-11)6-2-8-22(10-17)16(24)13-3-4-14(23)21-20-13/h3-4,9H,2,5-8,10H2,1H3,(H,21,23). The van der Waals surface area contributed by atoms with Crippen LogP contribution in [0.25, 0.3) is 0 Å². The van der Waals surface area contributed by atoms with Gasteiger partial charge in [0, 0.05) is 30.8 Å². The molecule has 1 unspecified atom stereocenters. The largest absolute Gasteiger partial charge is 0.336 e. The SMILES string of the molecule is Cc1ncc2c(n1)C1(CCCN(C(=O)c3ccc(=O)[nH]n3)C1)CC2. The number of amides is 1. The van der Waals surface area contributed by atoms with Gasteiger partial charge in [-0.3, -0.25) is 9.59 Å². The maximum absolute atomic E-state index is 12.7. The van der Waals surface area contributed by atoms with Crippen LogP contribution in [0, 0.1) is 6.92 Å². The highest BCUT2D eigenvalue weighted by molar-refractivity contribution is 5.92. The number of rotatable bonds is 1. The fraction of sp³-hybridized carbons (Fsp3) is 0.471. The molecule has 3 heterocycles. The first-order valence-corrected chi connectivity index (χ1v) is 8.25. The average Bonchev–Trinajstić information content (AvgIpc) is 2.92. The van der Waals surface area contributed by atoms with Crippen LogP contribution in [0.3, 0.4) is 0 Å². The van der Waals surface area contributed by atoms with Crippen molar-refractivity contribution >= 4 is 5.91 Å². The molecule has 2 aromatic rings. The fourth-order valence-electron chi connectivity index (χ4n) is 3.96. The van der Waals surface area contributed by atoms with Gasteiger partial charge in [0.2, 0.25) is 0 Å². The third kappa shape index (κ3) is 2.40. The van der Waals surface area contributed by atoms with Gasteiger partial charge in [-0.05, 0) is 44.2 Å². The molecule has 124 valence electrons. The molecule has 1 amide bonds. The van der Waals surface area contributed by atoms with E-state index in [0.717, 1.165) is 37.2 Å². The molecule has 1 atom stereocenters. The number of nitrogens with zero attached hydrogens (tertiary/aromatic N) is 4. The number of piperidine rings is 1. The summed E-state index contributed by atoms with van der Waals surface area (Å²) in [5.74, 6) is 0.644. The highest BCUT2D eigenvalue weighted by Crippen LogP contribution is 2.43. The van der Waals surface area contributed by atoms with Crippen LogP contribution in [0.5, 0.6) is 0 Å². The molecule has 4 rings (SSSR count).